The number of sulfone groups is 2. The zero-order valence-electron chi connectivity index (χ0n) is 16.1. The van der Waals surface area contributed by atoms with Crippen molar-refractivity contribution in [3.8, 4) is 0 Å². The Morgan fingerprint density at radius 3 is 1.64 bits per heavy atom. The lowest BCUT2D eigenvalue weighted by Crippen LogP contribution is -2.39. The molecule has 0 amide bonds. The Balaban J connectivity index is 4.51. The SMILES string of the molecule is CCCCCCCCCCCCS(=O)(=O)C(=S)S(=O)(=O)C(CC(=O)O)C(=O)O. The average molecular weight is 459 g/mol. The molecule has 11 heteroatoms. The van der Waals surface area contributed by atoms with Gasteiger partial charge in [0.05, 0.1) is 12.2 Å². The van der Waals surface area contributed by atoms with Crippen LogP contribution >= 0.6 is 12.2 Å². The quantitative estimate of drug-likeness (QED) is 0.279. The van der Waals surface area contributed by atoms with Crippen molar-refractivity contribution in [2.45, 2.75) is 82.8 Å². The van der Waals surface area contributed by atoms with Crippen LogP contribution in [-0.4, -0.2) is 53.5 Å². The molecule has 0 saturated heterocycles. The smallest absolute Gasteiger partial charge is 0.322 e. The van der Waals surface area contributed by atoms with E-state index in [1.165, 1.54) is 25.7 Å². The van der Waals surface area contributed by atoms with Crippen LogP contribution in [0.1, 0.15) is 77.6 Å². The second-order valence-corrected chi connectivity index (χ2v) is 12.0. The average Bonchev–Trinajstić information content (AvgIpc) is 2.60. The van der Waals surface area contributed by atoms with E-state index in [0.717, 1.165) is 25.7 Å². The van der Waals surface area contributed by atoms with Crippen molar-refractivity contribution in [1.82, 2.24) is 0 Å². The molecule has 0 aliphatic carbocycles. The van der Waals surface area contributed by atoms with Crippen LogP contribution in [0, 0.1) is 0 Å². The minimum absolute atomic E-state index is 0.213. The van der Waals surface area contributed by atoms with Crippen molar-refractivity contribution in [2.75, 3.05) is 5.75 Å². The highest BCUT2D eigenvalue weighted by atomic mass is 32.3. The number of rotatable bonds is 15. The number of aliphatic carboxylic acids is 2. The molecule has 28 heavy (non-hydrogen) atoms. The number of unbranched alkanes of at least 4 members (excludes halogenated alkanes) is 9. The monoisotopic (exact) mass is 458 g/mol. The van der Waals surface area contributed by atoms with Crippen molar-refractivity contribution in [1.29, 1.82) is 0 Å². The van der Waals surface area contributed by atoms with E-state index in [0.29, 0.717) is 6.42 Å². The van der Waals surface area contributed by atoms with Crippen LogP contribution in [0.25, 0.3) is 0 Å². The van der Waals surface area contributed by atoms with Gasteiger partial charge >= 0.3 is 11.9 Å². The number of thiocarbonyl (C=S) groups is 1. The lowest BCUT2D eigenvalue weighted by Gasteiger charge is -2.12. The number of hydrogen-bond acceptors (Lipinski definition) is 7. The van der Waals surface area contributed by atoms with E-state index < -0.39 is 52.6 Å². The lowest BCUT2D eigenvalue weighted by molar-refractivity contribution is -0.143. The molecule has 0 saturated carbocycles. The second-order valence-electron chi connectivity index (χ2n) is 6.72. The molecule has 1 unspecified atom stereocenters. The van der Waals surface area contributed by atoms with E-state index in [2.05, 4.69) is 19.1 Å². The summed E-state index contributed by atoms with van der Waals surface area (Å²) in [5.41, 5.74) is 0. The topological polar surface area (TPSA) is 143 Å². The molecule has 0 heterocycles. The standard InChI is InChI=1S/C17H30O8S3/c1-2-3-4-5-6-7-8-9-10-11-12-27(22,23)17(26)28(24,25)14(16(20)21)13-15(18)19/h14H,2-13H2,1H3,(H,18,19)(H,20,21). The normalized spacial score (nSPS) is 13.2. The highest BCUT2D eigenvalue weighted by Gasteiger charge is 2.42. The molecule has 0 aliphatic heterocycles. The molecule has 0 rings (SSSR count). The van der Waals surface area contributed by atoms with Gasteiger partial charge in [-0.25, -0.2) is 16.8 Å². The largest absolute Gasteiger partial charge is 0.481 e. The molecule has 0 radical (unpaired) electrons. The van der Waals surface area contributed by atoms with E-state index in [-0.39, 0.29) is 6.42 Å². The molecule has 0 spiro atoms. The zero-order chi connectivity index (χ0) is 21.8. The number of carboxylic acid groups (broad SMARTS) is 2. The van der Waals surface area contributed by atoms with Gasteiger partial charge in [0, 0.05) is 0 Å². The molecular formula is C17H30O8S3. The summed E-state index contributed by atoms with van der Waals surface area (Å²) < 4.78 is 47.3. The summed E-state index contributed by atoms with van der Waals surface area (Å²) in [6, 6.07) is 0. The van der Waals surface area contributed by atoms with Gasteiger partial charge in [-0.3, -0.25) is 9.59 Å². The van der Waals surface area contributed by atoms with Gasteiger partial charge in [0.15, 0.2) is 15.1 Å². The Morgan fingerprint density at radius 1 is 0.821 bits per heavy atom. The molecule has 8 nitrogen and oxygen atoms in total. The van der Waals surface area contributed by atoms with Gasteiger partial charge in [0.25, 0.3) is 0 Å². The maximum absolute atomic E-state index is 12.2. The Kier molecular flexibility index (Phi) is 12.7. The highest BCUT2D eigenvalue weighted by Crippen LogP contribution is 2.17. The van der Waals surface area contributed by atoms with E-state index in [1.54, 1.807) is 0 Å². The van der Waals surface area contributed by atoms with Crippen LogP contribution in [0.15, 0.2) is 0 Å². The fraction of sp³-hybridized carbons (Fsp3) is 0.824. The summed E-state index contributed by atoms with van der Waals surface area (Å²) in [6.45, 7) is 2.15. The first kappa shape index (κ1) is 26.9. The summed E-state index contributed by atoms with van der Waals surface area (Å²) in [4.78, 5) is 21.7. The van der Waals surface area contributed by atoms with E-state index in [1.807, 2.05) is 0 Å². The predicted octanol–water partition coefficient (Wildman–Crippen LogP) is 2.95. The molecule has 0 fully saturated rings. The first-order valence-electron chi connectivity index (χ1n) is 9.42. The van der Waals surface area contributed by atoms with Gasteiger partial charge < -0.3 is 10.2 Å². The van der Waals surface area contributed by atoms with E-state index in [4.69, 9.17) is 10.2 Å². The third-order valence-corrected chi connectivity index (χ3v) is 10.1. The third kappa shape index (κ3) is 9.92. The van der Waals surface area contributed by atoms with Crippen LogP contribution in [0.4, 0.5) is 0 Å². The Labute approximate surface area is 172 Å². The molecule has 0 aliphatic rings. The summed E-state index contributed by atoms with van der Waals surface area (Å²) in [6.07, 6.45) is 8.37. The van der Waals surface area contributed by atoms with Gasteiger partial charge in [-0.05, 0) is 6.42 Å². The number of carboxylic acids is 2. The van der Waals surface area contributed by atoms with E-state index >= 15 is 0 Å². The molecule has 0 aromatic carbocycles. The predicted molar refractivity (Wildman–Crippen MR) is 111 cm³/mol. The van der Waals surface area contributed by atoms with Crippen LogP contribution in [0.3, 0.4) is 0 Å². The van der Waals surface area contributed by atoms with Crippen LogP contribution < -0.4 is 0 Å². The van der Waals surface area contributed by atoms with Gasteiger partial charge in [-0.2, -0.15) is 0 Å². The fourth-order valence-electron chi connectivity index (χ4n) is 2.64. The molecule has 164 valence electrons. The molecule has 2 N–H and O–H groups in total. The minimum Gasteiger partial charge on any atom is -0.481 e. The summed E-state index contributed by atoms with van der Waals surface area (Å²) in [5, 5.41) is 15.2. The van der Waals surface area contributed by atoms with Crippen molar-refractivity contribution in [3.63, 3.8) is 0 Å². The van der Waals surface area contributed by atoms with Gasteiger partial charge in [-0.1, -0.05) is 76.9 Å². The minimum atomic E-state index is -4.95. The van der Waals surface area contributed by atoms with Crippen LogP contribution in [0.2, 0.25) is 0 Å². The third-order valence-electron chi connectivity index (χ3n) is 4.26. The van der Waals surface area contributed by atoms with Gasteiger partial charge in [0.1, 0.15) is 0 Å². The molecule has 0 bridgehead atoms. The Hall–Kier alpha value is -1.07. The summed E-state index contributed by atoms with van der Waals surface area (Å²) >= 11 is 4.51. The van der Waals surface area contributed by atoms with Crippen LogP contribution in [0.5, 0.6) is 0 Å². The van der Waals surface area contributed by atoms with Gasteiger partial charge in [0.2, 0.25) is 13.4 Å². The zero-order valence-corrected chi connectivity index (χ0v) is 18.6. The molecular weight excluding hydrogens is 428 g/mol. The van der Waals surface area contributed by atoms with E-state index in [9.17, 15) is 26.4 Å². The van der Waals surface area contributed by atoms with Crippen molar-refractivity contribution < 1.29 is 36.6 Å². The number of hydrogen-bond donors (Lipinski definition) is 2. The second kappa shape index (κ2) is 13.2. The number of carbonyl (C=O) groups is 2. The fourth-order valence-corrected chi connectivity index (χ4v) is 6.87. The summed E-state index contributed by atoms with van der Waals surface area (Å²) in [5.74, 6) is -4.12. The molecule has 1 atom stereocenters. The highest BCUT2D eigenvalue weighted by molar-refractivity contribution is 8.41. The van der Waals surface area contributed by atoms with Crippen molar-refractivity contribution in [3.05, 3.63) is 0 Å². The molecule has 0 aromatic rings. The van der Waals surface area contributed by atoms with Crippen molar-refractivity contribution >= 4 is 47.4 Å². The van der Waals surface area contributed by atoms with Crippen molar-refractivity contribution in [2.24, 2.45) is 0 Å². The lowest BCUT2D eigenvalue weighted by atomic mass is 10.1. The Bertz CT molecular complexity index is 726. The first-order valence-corrected chi connectivity index (χ1v) is 13.0. The molecule has 0 aromatic heterocycles. The Morgan fingerprint density at radius 2 is 1.25 bits per heavy atom. The summed E-state index contributed by atoms with van der Waals surface area (Å²) in [7, 11) is -9.31. The maximum atomic E-state index is 12.2. The van der Waals surface area contributed by atoms with Gasteiger partial charge in [-0.15, -0.1) is 0 Å². The maximum Gasteiger partial charge on any atom is 0.322 e. The van der Waals surface area contributed by atoms with Crippen LogP contribution in [-0.2, 0) is 29.3 Å². The first-order chi connectivity index (χ1) is 13.0.